The summed E-state index contributed by atoms with van der Waals surface area (Å²) in [5, 5.41) is 2.72. The fourth-order valence-corrected chi connectivity index (χ4v) is 4.00. The summed E-state index contributed by atoms with van der Waals surface area (Å²) in [6.07, 6.45) is 6.28. The van der Waals surface area contributed by atoms with E-state index in [9.17, 15) is 13.6 Å². The average Bonchev–Trinajstić information content (AvgIpc) is 2.79. The molecule has 1 amide bonds. The number of benzene rings is 1. The molecule has 184 valence electrons. The van der Waals surface area contributed by atoms with Gasteiger partial charge in [0.25, 0.3) is 5.91 Å². The van der Waals surface area contributed by atoms with E-state index in [-0.39, 0.29) is 11.2 Å². The molecule has 0 saturated carbocycles. The Hall–Kier alpha value is -3.37. The highest BCUT2D eigenvalue weighted by Gasteiger charge is 2.49. The van der Waals surface area contributed by atoms with Crippen LogP contribution in [0.15, 0.2) is 55.2 Å². The number of hydrogen-bond acceptors (Lipinski definition) is 7. The standard InChI is InChI=1S/C22H18ClF2N5O3.C2H6/c23-22(24,25)33-17-3-1-16(2-4-17)29-20(31)14-5-18(15-6-26-13-27-7-15)19(28-8-14)30-9-21(10-30)11-32-12-21;1-2/h1-8,13H,9-12H2,(H,29,31);1-2H3. The predicted octanol–water partition coefficient (Wildman–Crippen LogP) is 4.82. The monoisotopic (exact) mass is 503 g/mol. The molecule has 35 heavy (non-hydrogen) atoms. The van der Waals surface area contributed by atoms with Gasteiger partial charge in [0.1, 0.15) is 17.9 Å². The molecule has 0 unspecified atom stereocenters. The molecule has 3 aromatic rings. The number of nitrogens with one attached hydrogen (secondary N) is 1. The van der Waals surface area contributed by atoms with Gasteiger partial charge in [0.2, 0.25) is 0 Å². The summed E-state index contributed by atoms with van der Waals surface area (Å²) >= 11 is 4.76. The zero-order valence-corrected chi connectivity index (χ0v) is 19.9. The molecule has 1 aromatic carbocycles. The van der Waals surface area contributed by atoms with Gasteiger partial charge in [0.15, 0.2) is 0 Å². The van der Waals surface area contributed by atoms with Crippen LogP contribution >= 0.6 is 11.6 Å². The molecule has 4 heterocycles. The number of amides is 1. The van der Waals surface area contributed by atoms with Gasteiger partial charge in [-0.15, -0.1) is 8.78 Å². The molecular weight excluding hydrogens is 480 g/mol. The molecule has 11 heteroatoms. The third-order valence-corrected chi connectivity index (χ3v) is 5.59. The van der Waals surface area contributed by atoms with Crippen molar-refractivity contribution in [1.29, 1.82) is 0 Å². The van der Waals surface area contributed by atoms with Crippen LogP contribution < -0.4 is 15.0 Å². The van der Waals surface area contributed by atoms with Gasteiger partial charge < -0.3 is 19.7 Å². The van der Waals surface area contributed by atoms with E-state index in [4.69, 9.17) is 16.3 Å². The maximum absolute atomic E-state index is 12.8. The van der Waals surface area contributed by atoms with E-state index in [0.717, 1.165) is 43.2 Å². The third-order valence-electron chi connectivity index (χ3n) is 5.51. The van der Waals surface area contributed by atoms with Crippen LogP contribution in [0, 0.1) is 5.41 Å². The normalized spacial score (nSPS) is 15.9. The van der Waals surface area contributed by atoms with E-state index in [0.29, 0.717) is 11.3 Å². The van der Waals surface area contributed by atoms with Gasteiger partial charge in [-0.3, -0.25) is 4.79 Å². The first-order chi connectivity index (χ1) is 16.8. The summed E-state index contributed by atoms with van der Waals surface area (Å²) in [5.41, 5.74) is -1.40. The highest BCUT2D eigenvalue weighted by molar-refractivity contribution is 6.20. The quantitative estimate of drug-likeness (QED) is 0.482. The smallest absolute Gasteiger partial charge is 0.420 e. The summed E-state index contributed by atoms with van der Waals surface area (Å²) < 4.78 is 35.1. The van der Waals surface area contributed by atoms with Crippen LogP contribution in [0.5, 0.6) is 5.75 Å². The second-order valence-corrected chi connectivity index (χ2v) is 8.54. The fraction of sp³-hybridized carbons (Fsp3) is 0.333. The zero-order chi connectivity index (χ0) is 25.1. The first-order valence-electron chi connectivity index (χ1n) is 11.1. The minimum absolute atomic E-state index is 0.130. The second kappa shape index (κ2) is 10.1. The van der Waals surface area contributed by atoms with Crippen molar-refractivity contribution in [1.82, 2.24) is 15.0 Å². The van der Waals surface area contributed by atoms with Crippen molar-refractivity contribution in [3.05, 3.63) is 60.8 Å². The summed E-state index contributed by atoms with van der Waals surface area (Å²) in [5.74, 6) is 0.216. The lowest BCUT2D eigenvalue weighted by molar-refractivity contribution is -0.127. The van der Waals surface area contributed by atoms with Crippen molar-refractivity contribution in [2.75, 3.05) is 36.5 Å². The molecular formula is C24H24ClF2N5O3. The lowest BCUT2D eigenvalue weighted by Gasteiger charge is -2.55. The Bertz CT molecular complexity index is 1160. The Labute approximate surface area is 206 Å². The number of halogens is 3. The molecule has 0 radical (unpaired) electrons. The lowest BCUT2D eigenvalue weighted by Crippen LogP contribution is -2.66. The van der Waals surface area contributed by atoms with Crippen molar-refractivity contribution in [2.45, 2.75) is 19.4 Å². The van der Waals surface area contributed by atoms with E-state index in [1.54, 1.807) is 18.5 Å². The lowest BCUT2D eigenvalue weighted by atomic mass is 9.78. The molecule has 0 bridgehead atoms. The average molecular weight is 504 g/mol. The molecule has 8 nitrogen and oxygen atoms in total. The Morgan fingerprint density at radius 3 is 2.37 bits per heavy atom. The summed E-state index contributed by atoms with van der Waals surface area (Å²) in [4.78, 5) is 27.7. The van der Waals surface area contributed by atoms with Crippen LogP contribution in [0.2, 0.25) is 0 Å². The predicted molar refractivity (Wildman–Crippen MR) is 128 cm³/mol. The van der Waals surface area contributed by atoms with E-state index in [2.05, 4.69) is 29.9 Å². The van der Waals surface area contributed by atoms with Crippen LogP contribution in [0.3, 0.4) is 0 Å². The van der Waals surface area contributed by atoms with Gasteiger partial charge in [-0.2, -0.15) is 0 Å². The Morgan fingerprint density at radius 1 is 1.14 bits per heavy atom. The molecule has 2 saturated heterocycles. The van der Waals surface area contributed by atoms with E-state index in [1.807, 2.05) is 13.8 Å². The van der Waals surface area contributed by atoms with Gasteiger partial charge >= 0.3 is 5.57 Å². The number of aromatic nitrogens is 3. The van der Waals surface area contributed by atoms with Crippen LogP contribution in [0.4, 0.5) is 20.3 Å². The van der Waals surface area contributed by atoms with Crippen LogP contribution in [0.25, 0.3) is 11.1 Å². The van der Waals surface area contributed by atoms with Crippen LogP contribution in [0.1, 0.15) is 24.2 Å². The first-order valence-corrected chi connectivity index (χ1v) is 11.4. The van der Waals surface area contributed by atoms with E-state index in [1.165, 1.54) is 36.8 Å². The van der Waals surface area contributed by atoms with Crippen molar-refractivity contribution < 1.29 is 23.0 Å². The Balaban J connectivity index is 0.00000141. The summed E-state index contributed by atoms with van der Waals surface area (Å²) in [6.45, 7) is 7.17. The zero-order valence-electron chi connectivity index (χ0n) is 19.2. The SMILES string of the molecule is CC.O=C(Nc1ccc(OC(F)(F)Cl)cc1)c1cnc(N2CC3(COC3)C2)c(-c2cncnc2)c1. The maximum atomic E-state index is 12.8. The van der Waals surface area contributed by atoms with Crippen molar-refractivity contribution in [2.24, 2.45) is 5.41 Å². The first kappa shape index (κ1) is 24.7. The van der Waals surface area contributed by atoms with Crippen LogP contribution in [-0.4, -0.2) is 52.7 Å². The van der Waals surface area contributed by atoms with Gasteiger partial charge in [-0.05, 0) is 30.3 Å². The maximum Gasteiger partial charge on any atom is 0.487 e. The largest absolute Gasteiger partial charge is 0.487 e. The van der Waals surface area contributed by atoms with Crippen molar-refractivity contribution in [3.63, 3.8) is 0 Å². The molecule has 2 fully saturated rings. The number of anilines is 2. The number of carbonyl (C=O) groups is 1. The minimum Gasteiger partial charge on any atom is -0.420 e. The highest BCUT2D eigenvalue weighted by Crippen LogP contribution is 2.42. The van der Waals surface area contributed by atoms with E-state index < -0.39 is 11.5 Å². The highest BCUT2D eigenvalue weighted by atomic mass is 35.5. The van der Waals surface area contributed by atoms with Gasteiger partial charge in [-0.1, -0.05) is 13.8 Å². The number of alkyl halides is 3. The van der Waals surface area contributed by atoms with E-state index >= 15 is 0 Å². The molecule has 2 aliphatic rings. The van der Waals surface area contributed by atoms with Crippen LogP contribution in [-0.2, 0) is 4.74 Å². The molecule has 0 atom stereocenters. The third kappa shape index (κ3) is 5.66. The van der Waals surface area contributed by atoms with Gasteiger partial charge in [-0.25, -0.2) is 15.0 Å². The molecule has 1 spiro atoms. The number of pyridine rings is 1. The number of ether oxygens (including phenoxy) is 2. The van der Waals surface area contributed by atoms with Gasteiger partial charge in [0, 0.05) is 60.1 Å². The Kier molecular flexibility index (Phi) is 7.13. The molecule has 5 rings (SSSR count). The molecule has 1 N–H and O–H groups in total. The topological polar surface area (TPSA) is 89.5 Å². The fourth-order valence-electron chi connectivity index (χ4n) is 3.91. The number of carbonyl (C=O) groups excluding carboxylic acids is 1. The number of rotatable bonds is 6. The molecule has 2 aliphatic heterocycles. The summed E-state index contributed by atoms with van der Waals surface area (Å²) in [6, 6.07) is 7.17. The van der Waals surface area contributed by atoms with Crippen molar-refractivity contribution >= 4 is 29.0 Å². The summed E-state index contributed by atoms with van der Waals surface area (Å²) in [7, 11) is 0. The Morgan fingerprint density at radius 2 is 1.80 bits per heavy atom. The second-order valence-electron chi connectivity index (χ2n) is 8.10. The number of nitrogens with zero attached hydrogens (tertiary/aromatic N) is 4. The van der Waals surface area contributed by atoms with Gasteiger partial charge in [0.05, 0.1) is 24.2 Å². The molecule has 2 aromatic heterocycles. The van der Waals surface area contributed by atoms with Crippen molar-refractivity contribution in [3.8, 4) is 16.9 Å². The number of hydrogen-bond donors (Lipinski definition) is 1. The molecule has 0 aliphatic carbocycles. The minimum atomic E-state index is -3.81.